The zero-order valence-corrected chi connectivity index (χ0v) is 18.4. The minimum Gasteiger partial charge on any atom is -0.503 e. The summed E-state index contributed by atoms with van der Waals surface area (Å²) in [6.45, 7) is 0.675. The van der Waals surface area contributed by atoms with Crippen molar-refractivity contribution in [3.05, 3.63) is 68.9 Å². The minimum atomic E-state index is -0.770. The van der Waals surface area contributed by atoms with Crippen LogP contribution in [0.4, 0.5) is 0 Å². The van der Waals surface area contributed by atoms with Gasteiger partial charge in [-0.2, -0.15) is 0 Å². The highest BCUT2D eigenvalue weighted by Gasteiger charge is 2.47. The lowest BCUT2D eigenvalue weighted by atomic mass is 9.97. The number of nitrogens with one attached hydrogen (secondary N) is 1. The third-order valence-electron chi connectivity index (χ3n) is 5.86. The summed E-state index contributed by atoms with van der Waals surface area (Å²) in [6, 6.07) is 9.61. The lowest BCUT2D eigenvalue weighted by Gasteiger charge is -2.27. The highest BCUT2D eigenvalue weighted by molar-refractivity contribution is 6.42. The number of aliphatic hydroxyl groups excluding tert-OH is 1. The number of hydrogen-bond donors (Lipinski definition) is 2. The molecule has 0 bridgehead atoms. The fourth-order valence-corrected chi connectivity index (χ4v) is 4.39. The van der Waals surface area contributed by atoms with Crippen molar-refractivity contribution in [3.8, 4) is 11.5 Å². The van der Waals surface area contributed by atoms with Crippen LogP contribution in [-0.2, 0) is 16.1 Å². The molecule has 166 valence electrons. The summed E-state index contributed by atoms with van der Waals surface area (Å²) >= 11 is 12.0. The van der Waals surface area contributed by atoms with Crippen molar-refractivity contribution in [2.75, 3.05) is 13.3 Å². The maximum absolute atomic E-state index is 13.2. The number of rotatable bonds is 6. The van der Waals surface area contributed by atoms with Gasteiger partial charge in [-0.25, -0.2) is 0 Å². The average molecular weight is 475 g/mol. The van der Waals surface area contributed by atoms with Gasteiger partial charge in [0.1, 0.15) is 0 Å². The van der Waals surface area contributed by atoms with E-state index in [1.54, 1.807) is 41.3 Å². The van der Waals surface area contributed by atoms with Gasteiger partial charge in [0.2, 0.25) is 6.79 Å². The second-order valence-corrected chi connectivity index (χ2v) is 8.89. The first-order chi connectivity index (χ1) is 15.4. The van der Waals surface area contributed by atoms with Crippen molar-refractivity contribution >= 4 is 35.0 Å². The Kier molecular flexibility index (Phi) is 5.39. The molecule has 0 spiro atoms. The lowest BCUT2D eigenvalue weighted by molar-refractivity contribution is -0.129. The van der Waals surface area contributed by atoms with Gasteiger partial charge >= 0.3 is 0 Å². The van der Waals surface area contributed by atoms with Gasteiger partial charge in [-0.05, 0) is 42.5 Å². The van der Waals surface area contributed by atoms with E-state index in [1.807, 2.05) is 0 Å². The number of carbonyl (C=O) groups is 2. The number of benzene rings is 2. The first-order valence-corrected chi connectivity index (χ1v) is 11.0. The van der Waals surface area contributed by atoms with Gasteiger partial charge in [-0.1, -0.05) is 41.4 Å². The molecule has 2 aromatic carbocycles. The van der Waals surface area contributed by atoms with E-state index in [0.717, 1.165) is 18.4 Å². The van der Waals surface area contributed by atoms with Crippen LogP contribution in [0.5, 0.6) is 11.5 Å². The summed E-state index contributed by atoms with van der Waals surface area (Å²) in [5, 5.41) is 14.3. The van der Waals surface area contributed by atoms with E-state index in [0.29, 0.717) is 39.6 Å². The molecule has 1 unspecified atom stereocenters. The summed E-state index contributed by atoms with van der Waals surface area (Å²) < 4.78 is 11.1. The number of halogens is 2. The van der Waals surface area contributed by atoms with Crippen molar-refractivity contribution in [3.63, 3.8) is 0 Å². The first kappa shape index (κ1) is 21.0. The quantitative estimate of drug-likeness (QED) is 0.656. The van der Waals surface area contributed by atoms with Crippen molar-refractivity contribution in [2.24, 2.45) is 5.92 Å². The molecule has 32 heavy (non-hydrogen) atoms. The smallest absolute Gasteiger partial charge is 0.290 e. The van der Waals surface area contributed by atoms with Gasteiger partial charge < -0.3 is 24.8 Å². The number of para-hydroxylation sites is 1. The van der Waals surface area contributed by atoms with Gasteiger partial charge in [0.25, 0.3) is 11.8 Å². The third kappa shape index (κ3) is 3.76. The molecule has 9 heteroatoms. The zero-order valence-electron chi connectivity index (χ0n) is 16.9. The van der Waals surface area contributed by atoms with E-state index < -0.39 is 23.6 Å². The maximum atomic E-state index is 13.2. The molecule has 2 amide bonds. The first-order valence-electron chi connectivity index (χ1n) is 10.3. The largest absolute Gasteiger partial charge is 0.503 e. The number of nitrogens with zero attached hydrogens (tertiary/aromatic N) is 1. The highest BCUT2D eigenvalue weighted by atomic mass is 35.5. The Labute approximate surface area is 194 Å². The number of carbonyl (C=O) groups excluding carboxylic acids is 2. The molecule has 2 aliphatic heterocycles. The van der Waals surface area contributed by atoms with Crippen LogP contribution < -0.4 is 14.8 Å². The zero-order chi connectivity index (χ0) is 22.4. The van der Waals surface area contributed by atoms with Crippen LogP contribution in [0.25, 0.3) is 0 Å². The molecule has 0 aromatic heterocycles. The molecule has 1 fully saturated rings. The number of aliphatic hydroxyl groups is 1. The van der Waals surface area contributed by atoms with Gasteiger partial charge in [-0.3, -0.25) is 9.59 Å². The van der Waals surface area contributed by atoms with E-state index in [4.69, 9.17) is 32.7 Å². The van der Waals surface area contributed by atoms with E-state index in [2.05, 4.69) is 5.32 Å². The van der Waals surface area contributed by atoms with E-state index in [9.17, 15) is 14.7 Å². The Morgan fingerprint density at radius 3 is 2.72 bits per heavy atom. The summed E-state index contributed by atoms with van der Waals surface area (Å²) in [4.78, 5) is 27.7. The van der Waals surface area contributed by atoms with Crippen LogP contribution >= 0.6 is 23.2 Å². The van der Waals surface area contributed by atoms with Gasteiger partial charge in [0, 0.05) is 18.7 Å². The Morgan fingerprint density at radius 1 is 1.16 bits per heavy atom. The standard InChI is InChI=1S/C23H20Cl2N2O5/c24-15-7-6-13(8-16(15)25)9-26-22(29)18-19(14-2-1-3-17-21(14)32-11-31-17)27(10-12-4-5-12)23(30)20(18)28/h1-3,6-8,12,19,28H,4-5,9-11H2,(H,26,29). The Balaban J connectivity index is 1.46. The van der Waals surface area contributed by atoms with Crippen LogP contribution in [0.2, 0.25) is 10.0 Å². The van der Waals surface area contributed by atoms with E-state index in [1.165, 1.54) is 0 Å². The molecule has 0 radical (unpaired) electrons. The predicted octanol–water partition coefficient (Wildman–Crippen LogP) is 4.14. The molecule has 2 N–H and O–H groups in total. The van der Waals surface area contributed by atoms with Crippen molar-refractivity contribution in [1.82, 2.24) is 10.2 Å². The monoisotopic (exact) mass is 474 g/mol. The maximum Gasteiger partial charge on any atom is 0.290 e. The van der Waals surface area contributed by atoms with Crippen molar-refractivity contribution in [2.45, 2.75) is 25.4 Å². The Hall–Kier alpha value is -2.90. The molecule has 7 nitrogen and oxygen atoms in total. The van der Waals surface area contributed by atoms with Crippen LogP contribution in [0, 0.1) is 5.92 Å². The van der Waals surface area contributed by atoms with Crippen molar-refractivity contribution < 1.29 is 24.2 Å². The number of ether oxygens (including phenoxy) is 2. The molecule has 3 aliphatic rings. The van der Waals surface area contributed by atoms with Crippen molar-refractivity contribution in [1.29, 1.82) is 0 Å². The number of fused-ring (bicyclic) bond motifs is 1. The molecule has 2 heterocycles. The summed E-state index contributed by atoms with van der Waals surface area (Å²) in [7, 11) is 0. The normalized spacial score (nSPS) is 19.6. The Morgan fingerprint density at radius 2 is 1.97 bits per heavy atom. The van der Waals surface area contributed by atoms with Gasteiger partial charge in [0.05, 0.1) is 21.7 Å². The molecular formula is C23H20Cl2N2O5. The average Bonchev–Trinajstić information content (AvgIpc) is 3.41. The molecule has 1 atom stereocenters. The number of amides is 2. The molecule has 2 aromatic rings. The molecule has 0 saturated heterocycles. The SMILES string of the molecule is O=C(NCc1ccc(Cl)c(Cl)c1)C1=C(O)C(=O)N(CC2CC2)C1c1cccc2c1OCO2. The van der Waals surface area contributed by atoms with Gasteiger partial charge in [-0.15, -0.1) is 0 Å². The highest BCUT2D eigenvalue weighted by Crippen LogP contribution is 2.47. The van der Waals surface area contributed by atoms with E-state index >= 15 is 0 Å². The minimum absolute atomic E-state index is 0.000361. The second-order valence-electron chi connectivity index (χ2n) is 8.08. The molecule has 1 aliphatic carbocycles. The van der Waals surface area contributed by atoms with Crippen LogP contribution in [-0.4, -0.2) is 35.2 Å². The fraction of sp³-hybridized carbons (Fsp3) is 0.304. The Bertz CT molecular complexity index is 1150. The number of hydrogen-bond acceptors (Lipinski definition) is 5. The van der Waals surface area contributed by atoms with Crippen LogP contribution in [0.15, 0.2) is 47.7 Å². The fourth-order valence-electron chi connectivity index (χ4n) is 4.07. The third-order valence-corrected chi connectivity index (χ3v) is 6.60. The lowest BCUT2D eigenvalue weighted by Crippen LogP contribution is -2.34. The predicted molar refractivity (Wildman–Crippen MR) is 118 cm³/mol. The second kappa shape index (κ2) is 8.22. The molecule has 1 saturated carbocycles. The van der Waals surface area contributed by atoms with E-state index in [-0.39, 0.29) is 18.9 Å². The summed E-state index contributed by atoms with van der Waals surface area (Å²) in [5.74, 6) is -0.251. The molecular weight excluding hydrogens is 455 g/mol. The summed E-state index contributed by atoms with van der Waals surface area (Å²) in [5.41, 5.74) is 1.35. The van der Waals surface area contributed by atoms with Crippen LogP contribution in [0.3, 0.4) is 0 Å². The summed E-state index contributed by atoms with van der Waals surface area (Å²) in [6.07, 6.45) is 2.03. The van der Waals surface area contributed by atoms with Crippen LogP contribution in [0.1, 0.15) is 30.0 Å². The topological polar surface area (TPSA) is 88.1 Å². The molecule has 5 rings (SSSR count). The van der Waals surface area contributed by atoms with Gasteiger partial charge in [0.15, 0.2) is 17.3 Å².